The Kier molecular flexibility index (Phi) is 6.75. The monoisotopic (exact) mass is 395 g/mol. The van der Waals surface area contributed by atoms with Crippen molar-refractivity contribution in [3.05, 3.63) is 48.5 Å². The Hall–Kier alpha value is -1.34. The molecule has 1 heterocycles. The lowest BCUT2D eigenvalue weighted by molar-refractivity contribution is -0.275. The fraction of sp³-hybridized carbons (Fsp3) is 0.333. The summed E-state index contributed by atoms with van der Waals surface area (Å²) in [6.07, 6.45) is 0.680. The van der Waals surface area contributed by atoms with E-state index in [0.717, 1.165) is 16.9 Å². The molecule has 2 atom stereocenters. The first kappa shape index (κ1) is 19.4. The van der Waals surface area contributed by atoms with E-state index in [1.54, 1.807) is 7.11 Å². The van der Waals surface area contributed by atoms with E-state index in [4.69, 9.17) is 18.5 Å². The van der Waals surface area contributed by atoms with Crippen molar-refractivity contribution in [2.75, 3.05) is 26.6 Å². The van der Waals surface area contributed by atoms with E-state index < -0.39 is 7.52 Å². The molecule has 0 saturated carbocycles. The zero-order chi connectivity index (χ0) is 18.4. The summed E-state index contributed by atoms with van der Waals surface area (Å²) in [7, 11) is -0.243. The summed E-state index contributed by atoms with van der Waals surface area (Å²) in [5.41, 5.74) is 1.86. The minimum Gasteiger partial charge on any atom is -0.429 e. The minimum atomic E-state index is -3.32. The highest BCUT2D eigenvalue weighted by molar-refractivity contribution is 7.94. The Balaban J connectivity index is 1.89. The van der Waals surface area contributed by atoms with Gasteiger partial charge < -0.3 is 8.71 Å². The van der Waals surface area contributed by atoms with Crippen molar-refractivity contribution in [1.82, 2.24) is 5.09 Å². The van der Waals surface area contributed by atoms with Gasteiger partial charge in [0.2, 0.25) is 0 Å². The maximum atomic E-state index is 13.8. The third kappa shape index (κ3) is 4.31. The molecule has 0 spiro atoms. The second-order valence-electron chi connectivity index (χ2n) is 5.71. The Labute approximate surface area is 157 Å². The zero-order valence-corrected chi connectivity index (χ0v) is 16.4. The molecule has 0 saturated heterocycles. The highest BCUT2D eigenvalue weighted by Crippen LogP contribution is 2.52. The summed E-state index contributed by atoms with van der Waals surface area (Å²) in [5, 5.41) is 3.85. The molecular formula is C18H22NO5PS. The first-order valence-electron chi connectivity index (χ1n) is 8.25. The molecule has 1 N–H and O–H groups in total. The molecule has 140 valence electrons. The summed E-state index contributed by atoms with van der Waals surface area (Å²) in [4.78, 5) is 9.80. The molecule has 8 heteroatoms. The van der Waals surface area contributed by atoms with Crippen molar-refractivity contribution >= 4 is 24.9 Å². The van der Waals surface area contributed by atoms with Crippen LogP contribution in [0.15, 0.2) is 48.5 Å². The molecule has 0 bridgehead atoms. The number of hydrogen-bond acceptors (Lipinski definition) is 6. The second-order valence-corrected chi connectivity index (χ2v) is 8.71. The van der Waals surface area contributed by atoms with Gasteiger partial charge in [0.15, 0.2) is 0 Å². The lowest BCUT2D eigenvalue weighted by Gasteiger charge is -2.31. The standard InChI is InChI=1S/C18H22NO5PS/c1-21-23-13-14(11-12-26-22-2)19-25(20)18-10-6-4-8-16(18)15-7-3-5-9-17(15)24-25/h3-10,14H,11-13H2,1-2H3,(H,19,20). The van der Waals surface area contributed by atoms with E-state index in [1.165, 1.54) is 19.2 Å². The van der Waals surface area contributed by atoms with Crippen molar-refractivity contribution in [3.63, 3.8) is 0 Å². The third-order valence-electron chi connectivity index (χ3n) is 4.03. The van der Waals surface area contributed by atoms with E-state index in [2.05, 4.69) is 5.09 Å². The van der Waals surface area contributed by atoms with Crippen LogP contribution >= 0.6 is 19.6 Å². The molecule has 0 amide bonds. The van der Waals surface area contributed by atoms with E-state index >= 15 is 0 Å². The zero-order valence-electron chi connectivity index (χ0n) is 14.7. The van der Waals surface area contributed by atoms with Crippen LogP contribution in [-0.4, -0.2) is 32.6 Å². The number of benzene rings is 2. The number of rotatable bonds is 9. The fourth-order valence-corrected chi connectivity index (χ4v) is 5.61. The summed E-state index contributed by atoms with van der Waals surface area (Å²) in [5.74, 6) is 1.33. The first-order chi connectivity index (χ1) is 12.7. The van der Waals surface area contributed by atoms with Crippen LogP contribution in [0.5, 0.6) is 5.75 Å². The lowest BCUT2D eigenvalue weighted by Crippen LogP contribution is -2.38. The molecule has 6 nitrogen and oxygen atoms in total. The highest BCUT2D eigenvalue weighted by Gasteiger charge is 2.37. The van der Waals surface area contributed by atoms with Crippen LogP contribution in [0.25, 0.3) is 11.1 Å². The van der Waals surface area contributed by atoms with E-state index in [0.29, 0.717) is 17.5 Å². The Morgan fingerprint density at radius 2 is 1.85 bits per heavy atom. The molecule has 2 aromatic carbocycles. The highest BCUT2D eigenvalue weighted by atomic mass is 32.2. The summed E-state index contributed by atoms with van der Waals surface area (Å²) < 4.78 is 24.8. The van der Waals surface area contributed by atoms with Crippen LogP contribution in [-0.2, 0) is 18.5 Å². The average molecular weight is 395 g/mol. The number of fused-ring (bicyclic) bond motifs is 3. The van der Waals surface area contributed by atoms with Crippen molar-refractivity contribution in [2.45, 2.75) is 12.5 Å². The molecule has 2 unspecified atom stereocenters. The predicted octanol–water partition coefficient (Wildman–Crippen LogP) is 3.79. The van der Waals surface area contributed by atoms with Gasteiger partial charge in [0.05, 0.1) is 26.1 Å². The van der Waals surface area contributed by atoms with Gasteiger partial charge in [0.25, 0.3) is 0 Å². The van der Waals surface area contributed by atoms with E-state index in [9.17, 15) is 4.57 Å². The van der Waals surface area contributed by atoms with Gasteiger partial charge in [-0.05, 0) is 30.6 Å². The van der Waals surface area contributed by atoms with E-state index in [-0.39, 0.29) is 12.6 Å². The van der Waals surface area contributed by atoms with Crippen LogP contribution < -0.4 is 14.9 Å². The van der Waals surface area contributed by atoms with Crippen LogP contribution in [0.3, 0.4) is 0 Å². The van der Waals surface area contributed by atoms with Gasteiger partial charge >= 0.3 is 7.52 Å². The SMILES string of the molecule is COOCC(CCSOC)NP1(=O)Oc2ccccc2-c2ccccc21. The molecule has 0 aliphatic carbocycles. The smallest absolute Gasteiger partial charge is 0.347 e. The largest absolute Gasteiger partial charge is 0.429 e. The Morgan fingerprint density at radius 3 is 2.62 bits per heavy atom. The number of hydrogen-bond donors (Lipinski definition) is 1. The molecule has 0 aromatic heterocycles. The minimum absolute atomic E-state index is 0.221. The molecule has 0 fully saturated rings. The van der Waals surface area contributed by atoms with Crippen molar-refractivity contribution in [1.29, 1.82) is 0 Å². The van der Waals surface area contributed by atoms with Gasteiger partial charge in [-0.15, -0.1) is 0 Å². The van der Waals surface area contributed by atoms with Crippen molar-refractivity contribution in [2.24, 2.45) is 0 Å². The molecule has 26 heavy (non-hydrogen) atoms. The molecule has 1 aliphatic rings. The molecule has 2 aromatic rings. The first-order valence-corrected chi connectivity index (χ1v) is 10.8. The molecule has 0 radical (unpaired) electrons. The summed E-state index contributed by atoms with van der Waals surface area (Å²) in [6, 6.07) is 15.0. The molecule has 3 rings (SSSR count). The van der Waals surface area contributed by atoms with Gasteiger partial charge in [-0.3, -0.25) is 4.57 Å². The molecule has 1 aliphatic heterocycles. The Bertz CT molecular complexity index is 788. The average Bonchev–Trinajstić information content (AvgIpc) is 2.66. The predicted molar refractivity (Wildman–Crippen MR) is 104 cm³/mol. The van der Waals surface area contributed by atoms with Crippen LogP contribution in [0.2, 0.25) is 0 Å². The number of para-hydroxylation sites is 1. The number of nitrogens with one attached hydrogen (secondary N) is 1. The maximum absolute atomic E-state index is 13.8. The lowest BCUT2D eigenvalue weighted by atomic mass is 10.0. The fourth-order valence-electron chi connectivity index (χ4n) is 2.86. The maximum Gasteiger partial charge on any atom is 0.347 e. The van der Waals surface area contributed by atoms with E-state index in [1.807, 2.05) is 48.5 Å². The van der Waals surface area contributed by atoms with Crippen LogP contribution in [0.1, 0.15) is 6.42 Å². The van der Waals surface area contributed by atoms with Gasteiger partial charge in [0, 0.05) is 22.9 Å². The van der Waals surface area contributed by atoms with Gasteiger partial charge in [-0.2, -0.15) is 0 Å². The normalized spacial score (nSPS) is 19.3. The van der Waals surface area contributed by atoms with Gasteiger partial charge in [0.1, 0.15) is 5.75 Å². The van der Waals surface area contributed by atoms with Gasteiger partial charge in [-0.1, -0.05) is 36.4 Å². The third-order valence-corrected chi connectivity index (χ3v) is 6.85. The van der Waals surface area contributed by atoms with Crippen molar-refractivity contribution < 1.29 is 23.0 Å². The van der Waals surface area contributed by atoms with Crippen LogP contribution in [0.4, 0.5) is 0 Å². The Morgan fingerprint density at radius 1 is 1.12 bits per heavy atom. The topological polar surface area (TPSA) is 66.0 Å². The summed E-state index contributed by atoms with van der Waals surface area (Å²) >= 11 is 1.34. The second kappa shape index (κ2) is 9.04. The van der Waals surface area contributed by atoms with Crippen molar-refractivity contribution in [3.8, 4) is 16.9 Å². The quantitative estimate of drug-likeness (QED) is 0.228. The molecular weight excluding hydrogens is 373 g/mol. The van der Waals surface area contributed by atoms with Gasteiger partial charge in [-0.25, -0.2) is 14.9 Å². The van der Waals surface area contributed by atoms with Crippen LogP contribution in [0, 0.1) is 0 Å². The summed E-state index contributed by atoms with van der Waals surface area (Å²) in [6.45, 7) is 0.248.